The van der Waals surface area contributed by atoms with Crippen molar-refractivity contribution in [3.05, 3.63) is 49.0 Å². The minimum Gasteiger partial charge on any atom is -0.465 e. The van der Waals surface area contributed by atoms with Gasteiger partial charge in [0.15, 0.2) is 0 Å². The summed E-state index contributed by atoms with van der Waals surface area (Å²) in [5.41, 5.74) is 0.414. The highest BCUT2D eigenvalue weighted by molar-refractivity contribution is 7.14. The van der Waals surface area contributed by atoms with Gasteiger partial charge in [0.25, 0.3) is 11.5 Å². The molecule has 2 aromatic rings. The summed E-state index contributed by atoms with van der Waals surface area (Å²) in [5, 5.41) is 2.66. The number of carbonyl (C=O) groups is 2. The number of hydrogen-bond acceptors (Lipinski definition) is 5. The van der Waals surface area contributed by atoms with Gasteiger partial charge in [0.1, 0.15) is 9.90 Å². The number of aryl methyl sites for hydroxylation is 2. The van der Waals surface area contributed by atoms with Crippen molar-refractivity contribution in [3.8, 4) is 0 Å². The lowest BCUT2D eigenvalue weighted by Crippen LogP contribution is -2.19. The van der Waals surface area contributed by atoms with Crippen molar-refractivity contribution in [2.24, 2.45) is 7.05 Å². The summed E-state index contributed by atoms with van der Waals surface area (Å²) in [6, 6.07) is 2.86. The zero-order valence-corrected chi connectivity index (χ0v) is 13.7. The molecule has 1 N–H and O–H groups in total. The molecule has 2 rings (SSSR count). The molecule has 0 unspecified atom stereocenters. The second-order valence-corrected chi connectivity index (χ2v) is 6.18. The van der Waals surface area contributed by atoms with Gasteiger partial charge in [-0.05, 0) is 19.1 Å². The number of halogens is 1. The number of thiophene rings is 1. The molecule has 0 atom stereocenters. The van der Waals surface area contributed by atoms with Crippen LogP contribution in [0.4, 0.5) is 5.69 Å². The number of esters is 1. The molecule has 0 saturated heterocycles. The smallest absolute Gasteiger partial charge is 0.348 e. The predicted octanol–water partition coefficient (Wildman–Crippen LogP) is 2.45. The van der Waals surface area contributed by atoms with Gasteiger partial charge in [-0.15, -0.1) is 11.3 Å². The Labute approximate surface area is 135 Å². The Kier molecular flexibility index (Phi) is 4.68. The Morgan fingerprint density at radius 1 is 1.36 bits per heavy atom. The molecule has 2 heterocycles. The van der Waals surface area contributed by atoms with Crippen LogP contribution >= 0.6 is 22.9 Å². The number of aromatic nitrogens is 1. The molecule has 116 valence electrons. The lowest BCUT2D eigenvalue weighted by atomic mass is 10.2. The first-order chi connectivity index (χ1) is 10.3. The van der Waals surface area contributed by atoms with Crippen molar-refractivity contribution < 1.29 is 14.3 Å². The molecule has 0 bridgehead atoms. The van der Waals surface area contributed by atoms with Gasteiger partial charge in [0.05, 0.1) is 18.4 Å². The summed E-state index contributed by atoms with van der Waals surface area (Å²) in [4.78, 5) is 36.3. The first-order valence-corrected chi connectivity index (χ1v) is 7.39. The molecule has 1 amide bonds. The highest BCUT2D eigenvalue weighted by Crippen LogP contribution is 2.23. The van der Waals surface area contributed by atoms with E-state index in [2.05, 4.69) is 10.1 Å². The zero-order valence-electron chi connectivity index (χ0n) is 12.1. The standard InChI is InChI=1S/C14H13ClN2O4S/c1-7-9(5-11(22-7)14(20)21-3)12(18)16-8-4-10(15)13(19)17(2)6-8/h4-6H,1-3H3,(H,16,18). The third-order valence-electron chi connectivity index (χ3n) is 2.95. The topological polar surface area (TPSA) is 77.4 Å². The van der Waals surface area contributed by atoms with Crippen LogP contribution in [-0.2, 0) is 11.8 Å². The summed E-state index contributed by atoms with van der Waals surface area (Å²) in [6.07, 6.45) is 1.47. The van der Waals surface area contributed by atoms with Crippen molar-refractivity contribution in [1.82, 2.24) is 4.57 Å². The highest BCUT2D eigenvalue weighted by Gasteiger charge is 2.18. The molecule has 0 spiro atoms. The van der Waals surface area contributed by atoms with E-state index in [-0.39, 0.29) is 10.6 Å². The van der Waals surface area contributed by atoms with E-state index in [1.165, 1.54) is 48.4 Å². The van der Waals surface area contributed by atoms with Crippen molar-refractivity contribution in [2.75, 3.05) is 12.4 Å². The number of pyridine rings is 1. The summed E-state index contributed by atoms with van der Waals surface area (Å²) < 4.78 is 5.91. The van der Waals surface area contributed by atoms with Crippen LogP contribution < -0.4 is 10.9 Å². The molecule has 6 nitrogen and oxygen atoms in total. The fourth-order valence-electron chi connectivity index (χ4n) is 1.85. The molecule has 0 aromatic carbocycles. The first kappa shape index (κ1) is 16.3. The molecular formula is C14H13ClN2O4S. The van der Waals surface area contributed by atoms with Crippen LogP contribution in [0, 0.1) is 6.92 Å². The average molecular weight is 341 g/mol. The maximum absolute atomic E-state index is 12.3. The Hall–Kier alpha value is -2.12. The van der Waals surface area contributed by atoms with E-state index in [0.717, 1.165) is 0 Å². The van der Waals surface area contributed by atoms with Crippen LogP contribution in [-0.4, -0.2) is 23.6 Å². The maximum Gasteiger partial charge on any atom is 0.348 e. The van der Waals surface area contributed by atoms with Crippen LogP contribution in [0.1, 0.15) is 24.9 Å². The fourth-order valence-corrected chi connectivity index (χ4v) is 3.03. The first-order valence-electron chi connectivity index (χ1n) is 6.19. The van der Waals surface area contributed by atoms with Crippen molar-refractivity contribution in [3.63, 3.8) is 0 Å². The van der Waals surface area contributed by atoms with E-state index in [0.29, 0.717) is 21.0 Å². The van der Waals surface area contributed by atoms with Crippen LogP contribution in [0.15, 0.2) is 23.1 Å². The van der Waals surface area contributed by atoms with Gasteiger partial charge in [-0.2, -0.15) is 0 Å². The summed E-state index contributed by atoms with van der Waals surface area (Å²) >= 11 is 6.98. The third-order valence-corrected chi connectivity index (χ3v) is 4.25. The lowest BCUT2D eigenvalue weighted by molar-refractivity contribution is 0.0606. The molecule has 0 aliphatic rings. The second-order valence-electron chi connectivity index (χ2n) is 4.52. The van der Waals surface area contributed by atoms with E-state index < -0.39 is 11.9 Å². The molecule has 2 aromatic heterocycles. The second kappa shape index (κ2) is 6.33. The normalized spacial score (nSPS) is 10.4. The van der Waals surface area contributed by atoms with Gasteiger partial charge >= 0.3 is 5.97 Å². The van der Waals surface area contributed by atoms with Gasteiger partial charge in [0.2, 0.25) is 0 Å². The Morgan fingerprint density at radius 2 is 2.05 bits per heavy atom. The minimum absolute atomic E-state index is 0.0117. The van der Waals surface area contributed by atoms with Crippen LogP contribution in [0.25, 0.3) is 0 Å². The monoisotopic (exact) mass is 340 g/mol. The van der Waals surface area contributed by atoms with E-state index in [4.69, 9.17) is 11.6 Å². The Morgan fingerprint density at radius 3 is 2.64 bits per heavy atom. The minimum atomic E-state index is -0.489. The van der Waals surface area contributed by atoms with E-state index in [9.17, 15) is 14.4 Å². The number of nitrogens with zero attached hydrogens (tertiary/aromatic N) is 1. The van der Waals surface area contributed by atoms with Gasteiger partial charge in [-0.1, -0.05) is 11.6 Å². The third kappa shape index (κ3) is 3.20. The number of hydrogen-bond donors (Lipinski definition) is 1. The number of rotatable bonds is 3. The molecule has 22 heavy (non-hydrogen) atoms. The summed E-state index contributed by atoms with van der Waals surface area (Å²) in [7, 11) is 2.82. The van der Waals surface area contributed by atoms with Crippen LogP contribution in [0.3, 0.4) is 0 Å². The number of nitrogens with one attached hydrogen (secondary N) is 1. The summed E-state index contributed by atoms with van der Waals surface area (Å²) in [5.74, 6) is -0.879. The highest BCUT2D eigenvalue weighted by atomic mass is 35.5. The predicted molar refractivity (Wildman–Crippen MR) is 85.0 cm³/mol. The number of amides is 1. The van der Waals surface area contributed by atoms with E-state index in [1.807, 2.05) is 0 Å². The molecular weight excluding hydrogens is 328 g/mol. The van der Waals surface area contributed by atoms with Gasteiger partial charge in [-0.3, -0.25) is 9.59 Å². The zero-order chi connectivity index (χ0) is 16.4. The number of ether oxygens (including phenoxy) is 1. The van der Waals surface area contributed by atoms with Crippen LogP contribution in [0.2, 0.25) is 5.02 Å². The Balaban J connectivity index is 2.28. The average Bonchev–Trinajstić information content (AvgIpc) is 2.86. The van der Waals surface area contributed by atoms with Crippen molar-refractivity contribution in [1.29, 1.82) is 0 Å². The molecule has 0 aliphatic carbocycles. The maximum atomic E-state index is 12.3. The van der Waals surface area contributed by atoms with Crippen molar-refractivity contribution in [2.45, 2.75) is 6.92 Å². The molecule has 8 heteroatoms. The molecule has 0 saturated carbocycles. The Bertz CT molecular complexity index is 783. The molecule has 0 radical (unpaired) electrons. The SMILES string of the molecule is COC(=O)c1cc(C(=O)Nc2cc(Cl)c(=O)n(C)c2)c(C)s1. The quantitative estimate of drug-likeness (QED) is 0.871. The summed E-state index contributed by atoms with van der Waals surface area (Å²) in [6.45, 7) is 1.74. The number of carbonyl (C=O) groups excluding carboxylic acids is 2. The van der Waals surface area contributed by atoms with Crippen molar-refractivity contribution >= 4 is 40.5 Å². The number of methoxy groups -OCH3 is 1. The molecule has 0 aliphatic heterocycles. The fraction of sp³-hybridized carbons (Fsp3) is 0.214. The lowest BCUT2D eigenvalue weighted by Gasteiger charge is -2.07. The van der Waals surface area contributed by atoms with E-state index >= 15 is 0 Å². The van der Waals surface area contributed by atoms with Gasteiger partial charge in [-0.25, -0.2) is 4.79 Å². The van der Waals surface area contributed by atoms with Gasteiger partial charge < -0.3 is 14.6 Å². The number of anilines is 1. The van der Waals surface area contributed by atoms with E-state index in [1.54, 1.807) is 6.92 Å². The van der Waals surface area contributed by atoms with Gasteiger partial charge in [0, 0.05) is 18.1 Å². The largest absolute Gasteiger partial charge is 0.465 e. The molecule has 0 fully saturated rings. The van der Waals surface area contributed by atoms with Crippen LogP contribution in [0.5, 0.6) is 0 Å².